The molecule has 0 aliphatic carbocycles. The van der Waals surface area contributed by atoms with Gasteiger partial charge in [0, 0.05) is 13.1 Å². The topological polar surface area (TPSA) is 98.7 Å². The van der Waals surface area contributed by atoms with Gasteiger partial charge in [-0.3, -0.25) is 4.79 Å². The maximum absolute atomic E-state index is 12.0. The number of rotatable bonds is 2. The number of carboxylic acid groups (broad SMARTS) is 1. The van der Waals surface area contributed by atoms with Gasteiger partial charge in [-0.1, -0.05) is 20.8 Å². The molecule has 1 fully saturated rings. The summed E-state index contributed by atoms with van der Waals surface area (Å²) in [5.41, 5.74) is -0.602. The number of nitrogens with one attached hydrogen (secondary N) is 2. The van der Waals surface area contributed by atoms with E-state index in [1.165, 1.54) is 4.90 Å². The molecule has 1 heterocycles. The van der Waals surface area contributed by atoms with Crippen molar-refractivity contribution >= 4 is 17.9 Å². The molecular weight excluding hydrogens is 250 g/mol. The number of hydrogen-bond donors (Lipinski definition) is 3. The summed E-state index contributed by atoms with van der Waals surface area (Å²) < 4.78 is 0. The molecule has 19 heavy (non-hydrogen) atoms. The fraction of sp³-hybridized carbons (Fsp3) is 0.750. The Labute approximate surface area is 112 Å². The number of aliphatic carboxylic acids is 1. The van der Waals surface area contributed by atoms with Crippen LogP contribution in [-0.4, -0.2) is 53.6 Å². The van der Waals surface area contributed by atoms with Crippen molar-refractivity contribution in [3.8, 4) is 0 Å². The summed E-state index contributed by atoms with van der Waals surface area (Å²) in [4.78, 5) is 35.9. The van der Waals surface area contributed by atoms with Gasteiger partial charge >= 0.3 is 12.0 Å². The maximum atomic E-state index is 12.0. The number of amides is 3. The number of urea groups is 1. The largest absolute Gasteiger partial charge is 0.480 e. The van der Waals surface area contributed by atoms with Gasteiger partial charge in [-0.25, -0.2) is 9.59 Å². The quantitative estimate of drug-likeness (QED) is 0.659. The van der Waals surface area contributed by atoms with E-state index in [0.29, 0.717) is 19.5 Å². The van der Waals surface area contributed by atoms with Crippen LogP contribution in [0.2, 0.25) is 0 Å². The Morgan fingerprint density at radius 3 is 2.58 bits per heavy atom. The number of carboxylic acids is 1. The van der Waals surface area contributed by atoms with E-state index < -0.39 is 23.5 Å². The van der Waals surface area contributed by atoms with E-state index in [0.717, 1.165) is 0 Å². The van der Waals surface area contributed by atoms with Crippen molar-refractivity contribution in [2.75, 3.05) is 19.6 Å². The van der Waals surface area contributed by atoms with Crippen LogP contribution in [0.15, 0.2) is 0 Å². The van der Waals surface area contributed by atoms with Gasteiger partial charge < -0.3 is 20.6 Å². The van der Waals surface area contributed by atoms with E-state index in [-0.39, 0.29) is 12.5 Å². The molecule has 1 saturated heterocycles. The van der Waals surface area contributed by atoms with Crippen molar-refractivity contribution in [2.24, 2.45) is 5.41 Å². The second kappa shape index (κ2) is 5.90. The van der Waals surface area contributed by atoms with Gasteiger partial charge in [0.15, 0.2) is 0 Å². The Hall–Kier alpha value is -1.79. The predicted octanol–water partition coefficient (Wildman–Crippen LogP) is 0.0172. The van der Waals surface area contributed by atoms with E-state index in [1.54, 1.807) is 20.8 Å². The summed E-state index contributed by atoms with van der Waals surface area (Å²) in [6, 6.07) is -1.51. The third-order valence-corrected chi connectivity index (χ3v) is 2.93. The van der Waals surface area contributed by atoms with Crippen LogP contribution in [-0.2, 0) is 9.59 Å². The summed E-state index contributed by atoms with van der Waals surface area (Å²) in [6.45, 7) is 6.14. The molecule has 7 heteroatoms. The zero-order valence-electron chi connectivity index (χ0n) is 11.5. The molecule has 1 rings (SSSR count). The first-order chi connectivity index (χ1) is 8.71. The van der Waals surface area contributed by atoms with Crippen molar-refractivity contribution < 1.29 is 19.5 Å². The molecule has 0 aromatic heterocycles. The molecule has 0 unspecified atom stereocenters. The highest BCUT2D eigenvalue weighted by Crippen LogP contribution is 2.19. The van der Waals surface area contributed by atoms with Gasteiger partial charge in [-0.2, -0.15) is 0 Å². The molecule has 0 aromatic carbocycles. The van der Waals surface area contributed by atoms with Crippen molar-refractivity contribution in [3.63, 3.8) is 0 Å². The second-order valence-electron chi connectivity index (χ2n) is 5.71. The normalized spacial score (nSPS) is 18.3. The second-order valence-corrected chi connectivity index (χ2v) is 5.71. The maximum Gasteiger partial charge on any atom is 0.326 e. The third-order valence-electron chi connectivity index (χ3n) is 2.93. The predicted molar refractivity (Wildman–Crippen MR) is 68.6 cm³/mol. The Bertz CT molecular complexity index is 376. The Kier molecular flexibility index (Phi) is 4.74. The van der Waals surface area contributed by atoms with E-state index in [9.17, 15) is 14.4 Å². The fourth-order valence-electron chi connectivity index (χ4n) is 1.84. The molecule has 7 nitrogen and oxygen atoms in total. The molecule has 3 amide bonds. The average molecular weight is 271 g/mol. The van der Waals surface area contributed by atoms with Crippen molar-refractivity contribution in [2.45, 2.75) is 33.2 Å². The SMILES string of the molecule is CC(C)(C)[C@@H](NC(=O)N1CCCNC(=O)C1)C(=O)O. The van der Waals surface area contributed by atoms with Gasteiger partial charge in [0.2, 0.25) is 5.91 Å². The van der Waals surface area contributed by atoms with Crippen LogP contribution in [0.3, 0.4) is 0 Å². The van der Waals surface area contributed by atoms with Crippen LogP contribution in [0.25, 0.3) is 0 Å². The summed E-state index contributed by atoms with van der Waals surface area (Å²) in [6.07, 6.45) is 0.659. The lowest BCUT2D eigenvalue weighted by molar-refractivity contribution is -0.142. The third kappa shape index (κ3) is 4.42. The summed E-state index contributed by atoms with van der Waals surface area (Å²) in [7, 11) is 0. The molecule has 1 aliphatic heterocycles. The van der Waals surface area contributed by atoms with Gasteiger partial charge in [0.05, 0.1) is 0 Å². The highest BCUT2D eigenvalue weighted by molar-refractivity contribution is 5.87. The Morgan fingerprint density at radius 2 is 2.05 bits per heavy atom. The molecule has 0 radical (unpaired) electrons. The summed E-state index contributed by atoms with van der Waals surface area (Å²) in [5.74, 6) is -1.31. The Balaban J connectivity index is 2.71. The van der Waals surface area contributed by atoms with E-state index >= 15 is 0 Å². The first-order valence-corrected chi connectivity index (χ1v) is 6.27. The molecule has 108 valence electrons. The van der Waals surface area contributed by atoms with Crippen LogP contribution >= 0.6 is 0 Å². The van der Waals surface area contributed by atoms with E-state index in [4.69, 9.17) is 5.11 Å². The highest BCUT2D eigenvalue weighted by atomic mass is 16.4. The van der Waals surface area contributed by atoms with Crippen LogP contribution < -0.4 is 10.6 Å². The molecular formula is C12H21N3O4. The van der Waals surface area contributed by atoms with E-state index in [1.807, 2.05) is 0 Å². The first-order valence-electron chi connectivity index (χ1n) is 6.27. The van der Waals surface area contributed by atoms with Crippen molar-refractivity contribution in [3.05, 3.63) is 0 Å². The standard InChI is InChI=1S/C12H21N3O4/c1-12(2,3)9(10(17)18)14-11(19)15-6-4-5-13-8(16)7-15/h9H,4-7H2,1-3H3,(H,13,16)(H,14,19)(H,17,18)/t9-/m0/s1. The van der Waals surface area contributed by atoms with Gasteiger partial charge in [0.1, 0.15) is 12.6 Å². The molecule has 0 bridgehead atoms. The van der Waals surface area contributed by atoms with Crippen molar-refractivity contribution in [1.82, 2.24) is 15.5 Å². The van der Waals surface area contributed by atoms with Crippen LogP contribution in [0.1, 0.15) is 27.2 Å². The monoisotopic (exact) mass is 271 g/mol. The highest BCUT2D eigenvalue weighted by Gasteiger charge is 2.34. The lowest BCUT2D eigenvalue weighted by Gasteiger charge is -2.30. The minimum Gasteiger partial charge on any atom is -0.480 e. The number of nitrogens with zero attached hydrogens (tertiary/aromatic N) is 1. The molecule has 0 spiro atoms. The lowest BCUT2D eigenvalue weighted by Crippen LogP contribution is -2.54. The van der Waals surface area contributed by atoms with E-state index in [2.05, 4.69) is 10.6 Å². The zero-order chi connectivity index (χ0) is 14.6. The van der Waals surface area contributed by atoms with Gasteiger partial charge in [-0.05, 0) is 11.8 Å². The van der Waals surface area contributed by atoms with Gasteiger partial charge in [0.25, 0.3) is 0 Å². The lowest BCUT2D eigenvalue weighted by atomic mass is 9.87. The molecule has 1 atom stereocenters. The van der Waals surface area contributed by atoms with Crippen molar-refractivity contribution in [1.29, 1.82) is 0 Å². The van der Waals surface area contributed by atoms with Gasteiger partial charge in [-0.15, -0.1) is 0 Å². The molecule has 0 saturated carbocycles. The molecule has 1 aliphatic rings. The Morgan fingerprint density at radius 1 is 1.42 bits per heavy atom. The van der Waals surface area contributed by atoms with Crippen LogP contribution in [0.5, 0.6) is 0 Å². The molecule has 3 N–H and O–H groups in total. The average Bonchev–Trinajstić information content (AvgIpc) is 2.48. The summed E-state index contributed by atoms with van der Waals surface area (Å²) in [5, 5.41) is 14.3. The minimum atomic E-state index is -1.08. The first kappa shape index (κ1) is 15.3. The zero-order valence-corrected chi connectivity index (χ0v) is 11.5. The fourth-order valence-corrected chi connectivity index (χ4v) is 1.84. The number of carbonyl (C=O) groups is 3. The molecule has 0 aromatic rings. The van der Waals surface area contributed by atoms with Crippen LogP contribution in [0.4, 0.5) is 4.79 Å². The smallest absolute Gasteiger partial charge is 0.326 e. The number of carbonyl (C=O) groups excluding carboxylic acids is 2. The number of hydrogen-bond acceptors (Lipinski definition) is 3. The minimum absolute atomic E-state index is 0.0394. The van der Waals surface area contributed by atoms with Crippen LogP contribution in [0, 0.1) is 5.41 Å². The summed E-state index contributed by atoms with van der Waals surface area (Å²) >= 11 is 0.